The van der Waals surface area contributed by atoms with E-state index in [4.69, 9.17) is 22.4 Å². The fraction of sp³-hybridized carbons (Fsp3) is 0.200. The van der Waals surface area contributed by atoms with Crippen LogP contribution >= 0.6 is 0 Å². The SMILES string of the molecule is O=C(NC(Cc1ccc(O)cc1)C(=O)OCc1ccccc1)OCc1ccccc1.O=S(=O)(O)C(F)(F)F. The first-order chi connectivity index (χ1) is 17.8. The van der Waals surface area contributed by atoms with Gasteiger partial charge in [0.05, 0.1) is 0 Å². The Labute approximate surface area is 216 Å². The van der Waals surface area contributed by atoms with E-state index in [-0.39, 0.29) is 25.4 Å². The van der Waals surface area contributed by atoms with Gasteiger partial charge in [-0.05, 0) is 28.8 Å². The number of benzene rings is 3. The smallest absolute Gasteiger partial charge is 0.508 e. The third kappa shape index (κ3) is 10.9. The van der Waals surface area contributed by atoms with E-state index in [1.807, 2.05) is 60.7 Å². The average molecular weight is 556 g/mol. The second-order valence-corrected chi connectivity index (χ2v) is 9.06. The van der Waals surface area contributed by atoms with Crippen LogP contribution < -0.4 is 5.32 Å². The van der Waals surface area contributed by atoms with Crippen LogP contribution in [-0.2, 0) is 44.0 Å². The van der Waals surface area contributed by atoms with Gasteiger partial charge in [0.25, 0.3) is 0 Å². The maximum atomic E-state index is 12.7. The molecule has 13 heteroatoms. The van der Waals surface area contributed by atoms with Crippen molar-refractivity contribution < 1.29 is 50.3 Å². The van der Waals surface area contributed by atoms with Crippen LogP contribution in [0.1, 0.15) is 16.7 Å². The second-order valence-electron chi connectivity index (χ2n) is 7.64. The van der Waals surface area contributed by atoms with Crippen LogP contribution in [0, 0.1) is 0 Å². The summed E-state index contributed by atoms with van der Waals surface area (Å²) >= 11 is 0. The van der Waals surface area contributed by atoms with Gasteiger partial charge >= 0.3 is 27.7 Å². The fourth-order valence-corrected chi connectivity index (χ4v) is 2.80. The number of esters is 1. The predicted octanol–water partition coefficient (Wildman–Crippen LogP) is 4.37. The maximum absolute atomic E-state index is 12.7. The van der Waals surface area contributed by atoms with Gasteiger partial charge < -0.3 is 19.9 Å². The second kappa shape index (κ2) is 14.0. The topological polar surface area (TPSA) is 139 Å². The zero-order valence-electron chi connectivity index (χ0n) is 19.7. The van der Waals surface area contributed by atoms with Gasteiger partial charge in [-0.25, -0.2) is 9.59 Å². The molecule has 3 rings (SSSR count). The summed E-state index contributed by atoms with van der Waals surface area (Å²) in [5, 5.41) is 12.0. The van der Waals surface area contributed by atoms with Gasteiger partial charge in [-0.3, -0.25) is 4.55 Å². The van der Waals surface area contributed by atoms with Crippen molar-refractivity contribution in [1.82, 2.24) is 5.32 Å². The molecule has 3 N–H and O–H groups in total. The summed E-state index contributed by atoms with van der Waals surface area (Å²) in [5.74, 6) is -0.444. The van der Waals surface area contributed by atoms with Gasteiger partial charge in [0, 0.05) is 6.42 Å². The van der Waals surface area contributed by atoms with Gasteiger partial charge in [-0.1, -0.05) is 72.8 Å². The monoisotopic (exact) mass is 555 g/mol. The van der Waals surface area contributed by atoms with Gasteiger partial charge in [0.1, 0.15) is 25.0 Å². The number of carbonyl (C=O) groups is 2. The summed E-state index contributed by atoms with van der Waals surface area (Å²) in [4.78, 5) is 24.9. The lowest BCUT2D eigenvalue weighted by Gasteiger charge is -2.18. The number of aromatic hydroxyl groups is 1. The molecule has 0 heterocycles. The molecule has 0 aromatic heterocycles. The first-order valence-corrected chi connectivity index (χ1v) is 12.3. The Morgan fingerprint density at radius 3 is 1.68 bits per heavy atom. The van der Waals surface area contributed by atoms with Crippen molar-refractivity contribution in [3.8, 4) is 5.75 Å². The van der Waals surface area contributed by atoms with E-state index in [9.17, 15) is 27.9 Å². The van der Waals surface area contributed by atoms with Crippen LogP contribution in [0.15, 0.2) is 84.9 Å². The molecule has 0 aliphatic heterocycles. The quantitative estimate of drug-likeness (QED) is 0.212. The zero-order chi connectivity index (χ0) is 28.2. The molecule has 1 atom stereocenters. The minimum atomic E-state index is -5.84. The van der Waals surface area contributed by atoms with Gasteiger partial charge in [0.2, 0.25) is 0 Å². The molecule has 1 amide bonds. The van der Waals surface area contributed by atoms with Crippen molar-refractivity contribution in [2.75, 3.05) is 0 Å². The van der Waals surface area contributed by atoms with E-state index in [1.54, 1.807) is 12.1 Å². The Morgan fingerprint density at radius 2 is 1.24 bits per heavy atom. The Kier molecular flexibility index (Phi) is 11.1. The standard InChI is InChI=1S/C24H23NO5.CHF3O3S/c26-21-13-11-18(12-14-21)15-22(23(27)29-16-19-7-3-1-4-8-19)25-24(28)30-17-20-9-5-2-6-10-20;2-1(3,4)8(5,6)7/h1-14,22,26H,15-17H2,(H,25,28);(H,5,6,7). The summed E-state index contributed by atoms with van der Waals surface area (Å²) in [6.45, 7) is 0.199. The summed E-state index contributed by atoms with van der Waals surface area (Å²) in [6, 6.07) is 24.0. The number of hydrogen-bond donors (Lipinski definition) is 3. The number of rotatable bonds is 8. The van der Waals surface area contributed by atoms with Crippen LogP contribution in [0.3, 0.4) is 0 Å². The number of hydrogen-bond acceptors (Lipinski definition) is 7. The molecule has 0 saturated carbocycles. The summed E-state index contributed by atoms with van der Waals surface area (Å²) < 4.78 is 68.2. The number of alkyl carbamates (subject to hydrolysis) is 1. The molecular weight excluding hydrogens is 531 g/mol. The lowest BCUT2D eigenvalue weighted by atomic mass is 10.1. The summed E-state index contributed by atoms with van der Waals surface area (Å²) in [6.07, 6.45) is -0.506. The molecule has 0 saturated heterocycles. The van der Waals surface area contributed by atoms with Crippen molar-refractivity contribution in [3.05, 3.63) is 102 Å². The fourth-order valence-electron chi connectivity index (χ4n) is 2.80. The molecule has 9 nitrogen and oxygen atoms in total. The highest BCUT2D eigenvalue weighted by Gasteiger charge is 2.44. The highest BCUT2D eigenvalue weighted by molar-refractivity contribution is 7.86. The molecule has 0 radical (unpaired) electrons. The first kappa shape index (κ1) is 30.1. The molecular formula is C25H24F3NO8S. The van der Waals surface area contributed by atoms with Crippen LogP contribution in [0.5, 0.6) is 5.75 Å². The Balaban J connectivity index is 0.000000550. The van der Waals surface area contributed by atoms with E-state index < -0.39 is 33.7 Å². The number of halogens is 3. The molecule has 1 unspecified atom stereocenters. The highest BCUT2D eigenvalue weighted by Crippen LogP contribution is 2.20. The first-order valence-electron chi connectivity index (χ1n) is 10.8. The van der Waals surface area contributed by atoms with E-state index in [0.717, 1.165) is 16.7 Å². The van der Waals surface area contributed by atoms with Crippen molar-refractivity contribution in [2.24, 2.45) is 0 Å². The van der Waals surface area contributed by atoms with E-state index in [2.05, 4.69) is 5.32 Å². The molecule has 0 spiro atoms. The number of alkyl halides is 3. The Hall–Kier alpha value is -4.10. The zero-order valence-corrected chi connectivity index (χ0v) is 20.5. The van der Waals surface area contributed by atoms with Crippen LogP contribution in [0.4, 0.5) is 18.0 Å². The Bertz CT molecular complexity index is 1270. The molecule has 0 fully saturated rings. The highest BCUT2D eigenvalue weighted by atomic mass is 32.2. The molecule has 0 aliphatic rings. The van der Waals surface area contributed by atoms with Crippen molar-refractivity contribution >= 4 is 22.2 Å². The number of amides is 1. The predicted molar refractivity (Wildman–Crippen MR) is 129 cm³/mol. The van der Waals surface area contributed by atoms with E-state index >= 15 is 0 Å². The van der Waals surface area contributed by atoms with E-state index in [1.165, 1.54) is 12.1 Å². The number of phenols is 1. The lowest BCUT2D eigenvalue weighted by Crippen LogP contribution is -2.43. The number of phenolic OH excluding ortho intramolecular Hbond substituents is 1. The van der Waals surface area contributed by atoms with Crippen LogP contribution in [0.2, 0.25) is 0 Å². The molecule has 0 aliphatic carbocycles. The minimum Gasteiger partial charge on any atom is -0.508 e. The summed E-state index contributed by atoms with van der Waals surface area (Å²) in [7, 11) is -5.84. The molecule has 204 valence electrons. The van der Waals surface area contributed by atoms with E-state index in [0.29, 0.717) is 0 Å². The van der Waals surface area contributed by atoms with Crippen molar-refractivity contribution in [1.29, 1.82) is 0 Å². The minimum absolute atomic E-state index is 0.0949. The third-order valence-electron chi connectivity index (χ3n) is 4.68. The molecule has 3 aromatic carbocycles. The van der Waals surface area contributed by atoms with Gasteiger partial charge in [0.15, 0.2) is 0 Å². The third-order valence-corrected chi connectivity index (χ3v) is 5.27. The Morgan fingerprint density at radius 1 is 0.789 bits per heavy atom. The van der Waals surface area contributed by atoms with Gasteiger partial charge in [-0.15, -0.1) is 0 Å². The average Bonchev–Trinajstić information content (AvgIpc) is 2.87. The molecule has 0 bridgehead atoms. The van der Waals surface area contributed by atoms with Crippen LogP contribution in [0.25, 0.3) is 0 Å². The largest absolute Gasteiger partial charge is 0.522 e. The number of nitrogens with one attached hydrogen (secondary N) is 1. The van der Waals surface area contributed by atoms with Gasteiger partial charge in [-0.2, -0.15) is 21.6 Å². The maximum Gasteiger partial charge on any atom is 0.522 e. The lowest BCUT2D eigenvalue weighted by molar-refractivity contribution is -0.147. The van der Waals surface area contributed by atoms with Crippen LogP contribution in [-0.4, -0.2) is 41.7 Å². The number of ether oxygens (including phenoxy) is 2. The summed E-state index contributed by atoms with van der Waals surface area (Å²) in [5.41, 5.74) is -3.08. The molecule has 3 aromatic rings. The normalized spacial score (nSPS) is 11.9. The van der Waals surface area contributed by atoms with Crippen molar-refractivity contribution in [2.45, 2.75) is 31.2 Å². The van der Waals surface area contributed by atoms with Crippen molar-refractivity contribution in [3.63, 3.8) is 0 Å². The number of carbonyl (C=O) groups excluding carboxylic acids is 2. The molecule has 38 heavy (non-hydrogen) atoms.